The number of carbonyl (C=O) groups is 5. The Balaban J connectivity index is 2.62. The van der Waals surface area contributed by atoms with Gasteiger partial charge in [0.15, 0.2) is 30.9 Å². The van der Waals surface area contributed by atoms with Crippen LogP contribution in [0.3, 0.4) is 0 Å². The predicted octanol–water partition coefficient (Wildman–Crippen LogP) is 0.959. The average molecular weight is 578 g/mol. The zero-order chi connectivity index (χ0) is 30.0. The van der Waals surface area contributed by atoms with Crippen LogP contribution in [0.4, 0.5) is 0 Å². The molecule has 2 heterocycles. The summed E-state index contributed by atoms with van der Waals surface area (Å²) >= 11 is 0. The Hall–Kier alpha value is -2.85. The predicted molar refractivity (Wildman–Crippen MR) is 130 cm³/mol. The molecule has 0 amide bonds. The van der Waals surface area contributed by atoms with Crippen molar-refractivity contribution in [2.45, 2.75) is 104 Å². The average Bonchev–Trinajstić information content (AvgIpc) is 3.24. The van der Waals surface area contributed by atoms with Crippen LogP contribution in [-0.4, -0.2) is 97.9 Å². The van der Waals surface area contributed by atoms with Gasteiger partial charge in [0.05, 0.1) is 6.04 Å². The number of fused-ring (bicyclic) bond motifs is 1. The monoisotopic (exact) mass is 577 g/mol. The molecule has 0 bridgehead atoms. The standard InChI is InChI=1S/C25H39NO14/c1-8-32-21-10-18(19-11-22(33-9-2)40-26(19)39-21)23(36-15(5)29)25(38-17(7)31)24(37-16(6)30)20(35-14(4)28)12-34-13(3)27/h18-25H,8-12H2,1-7H3/t18-,19+,20+,21-,22+,23+,24-,25+/m0/s1. The molecule has 0 radical (unpaired) electrons. The van der Waals surface area contributed by atoms with Crippen LogP contribution in [0, 0.1) is 5.92 Å². The van der Waals surface area contributed by atoms with Gasteiger partial charge in [-0.1, -0.05) is 5.23 Å². The van der Waals surface area contributed by atoms with Crippen molar-refractivity contribution < 1.29 is 66.8 Å². The van der Waals surface area contributed by atoms with Crippen LogP contribution in [0.25, 0.3) is 0 Å². The molecule has 0 saturated carbocycles. The first-order chi connectivity index (χ1) is 18.9. The zero-order valence-electron chi connectivity index (χ0n) is 23.8. The topological polar surface area (TPSA) is 172 Å². The smallest absolute Gasteiger partial charge is 0.303 e. The van der Waals surface area contributed by atoms with Gasteiger partial charge in [0, 0.05) is 66.6 Å². The van der Waals surface area contributed by atoms with E-state index >= 15 is 0 Å². The number of hydrogen-bond donors (Lipinski definition) is 0. The highest BCUT2D eigenvalue weighted by Gasteiger charge is 2.55. The Morgan fingerprint density at radius 2 is 1.20 bits per heavy atom. The molecule has 0 N–H and O–H groups in total. The second kappa shape index (κ2) is 15.8. The molecule has 2 fully saturated rings. The first-order valence-electron chi connectivity index (χ1n) is 13.0. The Bertz CT molecular complexity index is 897. The SMILES string of the molecule is CCO[C@H]1C[C@@H]2[C@@H]([C@@H](OC(C)=O)[C@@H](OC(C)=O)[C@@H](OC(C)=O)[C@@H](COC(C)=O)OC(C)=O)C[C@@H](OCC)ON2O1. The highest BCUT2D eigenvalue weighted by atomic mass is 17.0. The third kappa shape index (κ3) is 9.96. The Morgan fingerprint density at radius 1 is 0.700 bits per heavy atom. The lowest BCUT2D eigenvalue weighted by Crippen LogP contribution is -2.59. The summed E-state index contributed by atoms with van der Waals surface area (Å²) in [6.07, 6.45) is -6.93. The summed E-state index contributed by atoms with van der Waals surface area (Å²) in [5, 5.41) is 1.21. The quantitative estimate of drug-likeness (QED) is 0.211. The first-order valence-corrected chi connectivity index (χ1v) is 13.0. The summed E-state index contributed by atoms with van der Waals surface area (Å²) in [4.78, 5) is 72.1. The van der Waals surface area contributed by atoms with Crippen molar-refractivity contribution in [2.75, 3.05) is 19.8 Å². The van der Waals surface area contributed by atoms with Gasteiger partial charge in [0.1, 0.15) is 12.7 Å². The number of esters is 5. The van der Waals surface area contributed by atoms with Gasteiger partial charge in [-0.15, -0.1) is 0 Å². The Labute approximate surface area is 232 Å². The molecule has 228 valence electrons. The number of ether oxygens (including phenoxy) is 7. The van der Waals surface area contributed by atoms with Gasteiger partial charge >= 0.3 is 29.8 Å². The molecule has 0 unspecified atom stereocenters. The molecular formula is C25H39NO14. The molecule has 0 aromatic heterocycles. The molecule has 8 atom stereocenters. The van der Waals surface area contributed by atoms with Gasteiger partial charge < -0.3 is 33.2 Å². The van der Waals surface area contributed by atoms with E-state index < -0.39 is 85.4 Å². The van der Waals surface area contributed by atoms with Gasteiger partial charge in [0.2, 0.25) is 0 Å². The third-order valence-electron chi connectivity index (χ3n) is 5.92. The summed E-state index contributed by atoms with van der Waals surface area (Å²) in [5.41, 5.74) is 0. The van der Waals surface area contributed by atoms with Gasteiger partial charge in [-0.2, -0.15) is 0 Å². The molecule has 2 aliphatic heterocycles. The van der Waals surface area contributed by atoms with E-state index in [0.29, 0.717) is 6.61 Å². The van der Waals surface area contributed by atoms with Crippen LogP contribution < -0.4 is 0 Å². The van der Waals surface area contributed by atoms with Crippen molar-refractivity contribution in [3.8, 4) is 0 Å². The molecule has 2 rings (SSSR count). The molecule has 2 saturated heterocycles. The molecule has 40 heavy (non-hydrogen) atoms. The number of nitrogens with zero attached hydrogens (tertiary/aromatic N) is 1. The van der Waals surface area contributed by atoms with E-state index in [1.165, 1.54) is 5.23 Å². The van der Waals surface area contributed by atoms with Crippen molar-refractivity contribution in [2.24, 2.45) is 5.92 Å². The van der Waals surface area contributed by atoms with Gasteiger partial charge in [-0.25, -0.2) is 9.68 Å². The van der Waals surface area contributed by atoms with Crippen molar-refractivity contribution in [1.82, 2.24) is 5.23 Å². The minimum Gasteiger partial charge on any atom is -0.462 e. The lowest BCUT2D eigenvalue weighted by Gasteiger charge is -2.44. The summed E-state index contributed by atoms with van der Waals surface area (Å²) in [6.45, 7) is 9.24. The number of hydroxylamine groups is 2. The minimum atomic E-state index is -1.55. The zero-order valence-corrected chi connectivity index (χ0v) is 23.8. The molecule has 0 aliphatic carbocycles. The van der Waals surface area contributed by atoms with Gasteiger partial charge in [-0.3, -0.25) is 24.0 Å². The number of carbonyl (C=O) groups excluding carboxylic acids is 5. The lowest BCUT2D eigenvalue weighted by molar-refractivity contribution is -0.458. The van der Waals surface area contributed by atoms with Crippen LogP contribution >= 0.6 is 0 Å². The summed E-state index contributed by atoms with van der Waals surface area (Å²) < 4.78 is 38.5. The molecule has 15 nitrogen and oxygen atoms in total. The van der Waals surface area contributed by atoms with E-state index in [4.69, 9.17) is 42.8 Å². The highest BCUT2D eigenvalue weighted by molar-refractivity contribution is 5.69. The van der Waals surface area contributed by atoms with Crippen LogP contribution in [0.1, 0.15) is 61.3 Å². The van der Waals surface area contributed by atoms with Crippen molar-refractivity contribution in [3.63, 3.8) is 0 Å². The Morgan fingerprint density at radius 3 is 1.68 bits per heavy atom. The normalized spacial score (nSPS) is 25.5. The lowest BCUT2D eigenvalue weighted by atomic mass is 9.82. The maximum absolute atomic E-state index is 12.4. The summed E-state index contributed by atoms with van der Waals surface area (Å²) in [6, 6.07) is -0.589. The maximum atomic E-state index is 12.4. The van der Waals surface area contributed by atoms with Gasteiger partial charge in [0.25, 0.3) is 0 Å². The summed E-state index contributed by atoms with van der Waals surface area (Å²) in [7, 11) is 0. The van der Waals surface area contributed by atoms with Crippen LogP contribution in [-0.2, 0) is 66.8 Å². The van der Waals surface area contributed by atoms with Crippen LogP contribution in [0.15, 0.2) is 0 Å². The fraction of sp³-hybridized carbons (Fsp3) is 0.800. The van der Waals surface area contributed by atoms with E-state index in [1.54, 1.807) is 13.8 Å². The second-order valence-corrected chi connectivity index (χ2v) is 9.14. The first kappa shape index (κ1) is 33.4. The maximum Gasteiger partial charge on any atom is 0.303 e. The fourth-order valence-corrected chi connectivity index (χ4v) is 4.67. The highest BCUT2D eigenvalue weighted by Crippen LogP contribution is 2.40. The van der Waals surface area contributed by atoms with E-state index in [9.17, 15) is 24.0 Å². The van der Waals surface area contributed by atoms with Crippen molar-refractivity contribution in [1.29, 1.82) is 0 Å². The molecule has 0 aromatic carbocycles. The van der Waals surface area contributed by atoms with Crippen LogP contribution in [0.5, 0.6) is 0 Å². The van der Waals surface area contributed by atoms with Crippen molar-refractivity contribution >= 4 is 29.8 Å². The second-order valence-electron chi connectivity index (χ2n) is 9.14. The third-order valence-corrected chi connectivity index (χ3v) is 5.92. The van der Waals surface area contributed by atoms with E-state index in [-0.39, 0.29) is 19.4 Å². The van der Waals surface area contributed by atoms with E-state index in [0.717, 1.165) is 34.6 Å². The Kier molecular flexibility index (Phi) is 13.2. The summed E-state index contributed by atoms with van der Waals surface area (Å²) in [5.74, 6) is -4.58. The number of hydrogen-bond acceptors (Lipinski definition) is 15. The molecule has 0 spiro atoms. The molecule has 2 aliphatic rings. The molecule has 0 aromatic rings. The minimum absolute atomic E-state index is 0.141. The molecule has 15 heteroatoms. The molecular weight excluding hydrogens is 538 g/mol. The number of rotatable bonds is 14. The van der Waals surface area contributed by atoms with Gasteiger partial charge in [-0.05, 0) is 13.8 Å². The van der Waals surface area contributed by atoms with E-state index in [2.05, 4.69) is 0 Å². The van der Waals surface area contributed by atoms with E-state index in [1.807, 2.05) is 0 Å². The fourth-order valence-electron chi connectivity index (χ4n) is 4.67. The largest absolute Gasteiger partial charge is 0.462 e. The van der Waals surface area contributed by atoms with Crippen LogP contribution in [0.2, 0.25) is 0 Å². The van der Waals surface area contributed by atoms with Crippen molar-refractivity contribution in [3.05, 3.63) is 0 Å².